The van der Waals surface area contributed by atoms with E-state index >= 15 is 0 Å². The van der Waals surface area contributed by atoms with Crippen LogP contribution in [0.3, 0.4) is 0 Å². The third kappa shape index (κ3) is 4.15. The molecule has 1 amide bonds. The van der Waals surface area contributed by atoms with E-state index in [9.17, 15) is 4.79 Å². The summed E-state index contributed by atoms with van der Waals surface area (Å²) in [5, 5.41) is 0.754. The summed E-state index contributed by atoms with van der Waals surface area (Å²) >= 11 is 9.43. The first-order valence-electron chi connectivity index (χ1n) is 7.94. The average molecular weight is 393 g/mol. The molecule has 0 spiro atoms. The van der Waals surface area contributed by atoms with Gasteiger partial charge in [-0.2, -0.15) is 0 Å². The highest BCUT2D eigenvalue weighted by Gasteiger charge is 2.24. The molecule has 1 heterocycles. The van der Waals surface area contributed by atoms with E-state index in [0.29, 0.717) is 5.92 Å². The van der Waals surface area contributed by atoms with Crippen LogP contribution in [-0.4, -0.2) is 23.9 Å². The number of carbonyl (C=O) groups excluding carboxylic acids is 1. The van der Waals surface area contributed by atoms with Crippen molar-refractivity contribution in [3.05, 3.63) is 69.2 Å². The van der Waals surface area contributed by atoms with Crippen LogP contribution in [-0.2, 0) is 0 Å². The van der Waals surface area contributed by atoms with E-state index < -0.39 is 0 Å². The van der Waals surface area contributed by atoms with Crippen LogP contribution in [0.15, 0.2) is 53.0 Å². The third-order valence-corrected chi connectivity index (χ3v) is 5.12. The Morgan fingerprint density at radius 2 is 1.91 bits per heavy atom. The number of amides is 1. The van der Waals surface area contributed by atoms with Gasteiger partial charge >= 0.3 is 0 Å². The number of rotatable bonds is 2. The number of hydrogen-bond donors (Lipinski definition) is 0. The Labute approximate surface area is 150 Å². The summed E-state index contributed by atoms with van der Waals surface area (Å²) < 4.78 is 0.937. The van der Waals surface area contributed by atoms with Gasteiger partial charge in [-0.15, -0.1) is 0 Å². The highest BCUT2D eigenvalue weighted by atomic mass is 79.9. The molecule has 1 saturated heterocycles. The van der Waals surface area contributed by atoms with E-state index in [-0.39, 0.29) is 5.91 Å². The SMILES string of the molecule is O=C(c1cccc(Br)c1)N1CCCCC(c2ccc(Cl)cc2)C1. The van der Waals surface area contributed by atoms with E-state index in [2.05, 4.69) is 28.1 Å². The monoisotopic (exact) mass is 391 g/mol. The molecule has 2 aromatic carbocycles. The van der Waals surface area contributed by atoms with Crippen molar-refractivity contribution >= 4 is 33.4 Å². The van der Waals surface area contributed by atoms with Gasteiger partial charge in [-0.1, -0.05) is 52.2 Å². The topological polar surface area (TPSA) is 20.3 Å². The second-order valence-electron chi connectivity index (χ2n) is 6.01. The molecule has 0 N–H and O–H groups in total. The van der Waals surface area contributed by atoms with Gasteiger partial charge < -0.3 is 4.90 Å². The van der Waals surface area contributed by atoms with Crippen molar-refractivity contribution in [1.82, 2.24) is 4.90 Å². The smallest absolute Gasteiger partial charge is 0.253 e. The predicted molar refractivity (Wildman–Crippen MR) is 98.1 cm³/mol. The largest absolute Gasteiger partial charge is 0.338 e. The summed E-state index contributed by atoms with van der Waals surface area (Å²) in [6.07, 6.45) is 3.32. The van der Waals surface area contributed by atoms with Crippen LogP contribution in [0.1, 0.15) is 41.1 Å². The minimum Gasteiger partial charge on any atom is -0.338 e. The molecular weight excluding hydrogens is 374 g/mol. The molecule has 4 heteroatoms. The van der Waals surface area contributed by atoms with Crippen molar-refractivity contribution in [3.63, 3.8) is 0 Å². The van der Waals surface area contributed by atoms with Crippen molar-refractivity contribution in [3.8, 4) is 0 Å². The van der Waals surface area contributed by atoms with Crippen LogP contribution in [0.2, 0.25) is 5.02 Å². The van der Waals surface area contributed by atoms with E-state index in [0.717, 1.165) is 47.4 Å². The molecule has 0 aromatic heterocycles. The summed E-state index contributed by atoms with van der Waals surface area (Å²) in [6.45, 7) is 1.60. The summed E-state index contributed by atoms with van der Waals surface area (Å²) in [5.41, 5.74) is 2.01. The lowest BCUT2D eigenvalue weighted by Crippen LogP contribution is -2.34. The van der Waals surface area contributed by atoms with Crippen LogP contribution >= 0.6 is 27.5 Å². The van der Waals surface area contributed by atoms with E-state index in [1.54, 1.807) is 0 Å². The number of nitrogens with zero attached hydrogens (tertiary/aromatic N) is 1. The molecule has 1 aliphatic rings. The maximum atomic E-state index is 12.8. The first kappa shape index (κ1) is 16.5. The Kier molecular flexibility index (Phi) is 5.39. The van der Waals surface area contributed by atoms with Gasteiger partial charge in [0.1, 0.15) is 0 Å². The second kappa shape index (κ2) is 7.50. The standard InChI is InChI=1S/C19H19BrClNO/c20-17-6-3-5-15(12-17)19(23)22-11-2-1-4-16(13-22)14-7-9-18(21)10-8-14/h3,5-10,12,16H,1-2,4,11,13H2. The lowest BCUT2D eigenvalue weighted by molar-refractivity contribution is 0.0754. The molecule has 1 atom stereocenters. The minimum absolute atomic E-state index is 0.118. The minimum atomic E-state index is 0.118. The fourth-order valence-corrected chi connectivity index (χ4v) is 3.66. The molecule has 2 aromatic rings. The molecule has 0 aliphatic carbocycles. The van der Waals surface area contributed by atoms with E-state index in [1.165, 1.54) is 5.56 Å². The number of hydrogen-bond acceptors (Lipinski definition) is 1. The van der Waals surface area contributed by atoms with Gasteiger partial charge in [0.25, 0.3) is 5.91 Å². The first-order valence-corrected chi connectivity index (χ1v) is 9.11. The van der Waals surface area contributed by atoms with Crippen LogP contribution in [0.4, 0.5) is 0 Å². The summed E-state index contributed by atoms with van der Waals surface area (Å²) in [5.74, 6) is 0.498. The van der Waals surface area contributed by atoms with Gasteiger partial charge in [0.2, 0.25) is 0 Å². The molecule has 0 bridgehead atoms. The molecule has 0 radical (unpaired) electrons. The second-order valence-corrected chi connectivity index (χ2v) is 7.36. The first-order chi connectivity index (χ1) is 11.1. The maximum absolute atomic E-state index is 12.8. The number of likely N-dealkylation sites (tertiary alicyclic amines) is 1. The zero-order chi connectivity index (χ0) is 16.2. The average Bonchev–Trinajstić information content (AvgIpc) is 2.81. The van der Waals surface area contributed by atoms with Crippen molar-refractivity contribution in [1.29, 1.82) is 0 Å². The van der Waals surface area contributed by atoms with Crippen molar-refractivity contribution < 1.29 is 4.79 Å². The molecule has 120 valence electrons. The molecular formula is C19H19BrClNO. The quantitative estimate of drug-likeness (QED) is 0.659. The fraction of sp³-hybridized carbons (Fsp3) is 0.316. The fourth-order valence-electron chi connectivity index (χ4n) is 3.14. The Balaban J connectivity index is 1.79. The zero-order valence-corrected chi connectivity index (χ0v) is 15.2. The van der Waals surface area contributed by atoms with Gasteiger partial charge in [0.05, 0.1) is 0 Å². The van der Waals surface area contributed by atoms with Crippen LogP contribution in [0.25, 0.3) is 0 Å². The van der Waals surface area contributed by atoms with Gasteiger partial charge in [-0.05, 0) is 48.7 Å². The molecule has 1 unspecified atom stereocenters. The molecule has 1 aliphatic heterocycles. The Morgan fingerprint density at radius 3 is 2.65 bits per heavy atom. The van der Waals surface area contributed by atoms with Gasteiger partial charge in [0, 0.05) is 34.1 Å². The Morgan fingerprint density at radius 1 is 1.13 bits per heavy atom. The maximum Gasteiger partial charge on any atom is 0.253 e. The van der Waals surface area contributed by atoms with Crippen molar-refractivity contribution in [2.45, 2.75) is 25.2 Å². The zero-order valence-electron chi connectivity index (χ0n) is 12.8. The van der Waals surface area contributed by atoms with Crippen LogP contribution < -0.4 is 0 Å². The highest BCUT2D eigenvalue weighted by molar-refractivity contribution is 9.10. The van der Waals surface area contributed by atoms with Gasteiger partial charge in [-0.3, -0.25) is 4.79 Å². The lowest BCUT2D eigenvalue weighted by atomic mass is 9.94. The van der Waals surface area contributed by atoms with E-state index in [1.807, 2.05) is 41.3 Å². The third-order valence-electron chi connectivity index (χ3n) is 4.37. The Hall–Kier alpha value is -1.32. The number of halogens is 2. The van der Waals surface area contributed by atoms with Crippen LogP contribution in [0, 0.1) is 0 Å². The highest BCUT2D eigenvalue weighted by Crippen LogP contribution is 2.28. The molecule has 1 fully saturated rings. The summed E-state index contributed by atoms with van der Waals surface area (Å²) in [7, 11) is 0. The van der Waals surface area contributed by atoms with Gasteiger partial charge in [0.15, 0.2) is 0 Å². The van der Waals surface area contributed by atoms with Crippen molar-refractivity contribution in [2.75, 3.05) is 13.1 Å². The summed E-state index contributed by atoms with van der Waals surface area (Å²) in [4.78, 5) is 14.8. The molecule has 0 saturated carbocycles. The number of benzene rings is 2. The van der Waals surface area contributed by atoms with Crippen molar-refractivity contribution in [2.24, 2.45) is 0 Å². The normalized spacial score (nSPS) is 18.5. The molecule has 2 nitrogen and oxygen atoms in total. The number of carbonyl (C=O) groups is 1. The lowest BCUT2D eigenvalue weighted by Gasteiger charge is -2.25. The van der Waals surface area contributed by atoms with Gasteiger partial charge in [-0.25, -0.2) is 0 Å². The van der Waals surface area contributed by atoms with E-state index in [4.69, 9.17) is 11.6 Å². The summed E-state index contributed by atoms with van der Waals surface area (Å²) in [6, 6.07) is 15.7. The van der Waals surface area contributed by atoms with Crippen LogP contribution in [0.5, 0.6) is 0 Å². The molecule has 23 heavy (non-hydrogen) atoms. The molecule has 3 rings (SSSR count). The predicted octanol–water partition coefficient (Wildman–Crippen LogP) is 5.51. The Bertz CT molecular complexity index is 686.